The van der Waals surface area contributed by atoms with Gasteiger partial charge in [0.05, 0.1) is 47.0 Å². The third kappa shape index (κ3) is 15.6. The average Bonchev–Trinajstić information content (AvgIpc) is 3.09. The van der Waals surface area contributed by atoms with Crippen LogP contribution in [0.1, 0.15) is 67.2 Å². The molecular weight excluding hydrogens is 630 g/mol. The molecule has 0 aliphatic heterocycles. The highest BCUT2D eigenvalue weighted by atomic mass is 16.6. The van der Waals surface area contributed by atoms with Gasteiger partial charge in [0.2, 0.25) is 0 Å². The fraction of sp³-hybridized carbons (Fsp3) is 0.528. The van der Waals surface area contributed by atoms with Gasteiger partial charge >= 0.3 is 6.09 Å². The van der Waals surface area contributed by atoms with E-state index in [2.05, 4.69) is 17.0 Å². The summed E-state index contributed by atoms with van der Waals surface area (Å²) in [4.78, 5) is 41.8. The number of nitrogens with zero attached hydrogens (tertiary/aromatic N) is 5. The molecule has 2 aromatic rings. The van der Waals surface area contributed by atoms with Crippen LogP contribution in [-0.2, 0) is 4.74 Å². The number of hydrogen-bond acceptors (Lipinski definition) is 11. The topological polar surface area (TPSA) is 155 Å². The van der Waals surface area contributed by atoms with Crippen LogP contribution in [0, 0.1) is 22.7 Å². The highest BCUT2D eigenvalue weighted by Crippen LogP contribution is 2.28. The number of rotatable bonds is 18. The van der Waals surface area contributed by atoms with Gasteiger partial charge in [0, 0.05) is 50.3 Å². The molecule has 2 aromatic carbocycles. The van der Waals surface area contributed by atoms with E-state index in [0.717, 1.165) is 19.3 Å². The van der Waals surface area contributed by atoms with E-state index in [4.69, 9.17) is 34.2 Å². The smallest absolute Gasteiger partial charge is 0.410 e. The first-order valence-corrected chi connectivity index (χ1v) is 16.0. The summed E-state index contributed by atoms with van der Waals surface area (Å²) in [6, 6.07) is 14.2. The van der Waals surface area contributed by atoms with Crippen LogP contribution in [0.15, 0.2) is 36.4 Å². The zero-order valence-electron chi connectivity index (χ0n) is 30.1. The molecule has 0 unspecified atom stereocenters. The molecule has 0 aliphatic carbocycles. The molecule has 2 amide bonds. The summed E-state index contributed by atoms with van der Waals surface area (Å²) in [5, 5.41) is 17.9. The molecule has 0 spiro atoms. The van der Waals surface area contributed by atoms with Gasteiger partial charge in [0.25, 0.3) is 5.91 Å². The Morgan fingerprint density at radius 2 is 1.22 bits per heavy atom. The lowest BCUT2D eigenvalue weighted by Gasteiger charge is -2.29. The molecule has 49 heavy (non-hydrogen) atoms. The summed E-state index contributed by atoms with van der Waals surface area (Å²) in [5.41, 5.74) is 0.383. The summed E-state index contributed by atoms with van der Waals surface area (Å²) < 4.78 is 26.1. The van der Waals surface area contributed by atoms with Gasteiger partial charge < -0.3 is 38.4 Å². The number of aldehydes is 1. The number of carbonyl (C=O) groups is 3. The van der Waals surface area contributed by atoms with Gasteiger partial charge in [-0.3, -0.25) is 9.59 Å². The van der Waals surface area contributed by atoms with Crippen LogP contribution >= 0.6 is 0 Å². The zero-order chi connectivity index (χ0) is 36.8. The van der Waals surface area contributed by atoms with E-state index in [1.54, 1.807) is 53.3 Å². The van der Waals surface area contributed by atoms with Crippen molar-refractivity contribution < 1.29 is 38.1 Å². The molecule has 0 aliphatic rings. The van der Waals surface area contributed by atoms with Gasteiger partial charge in [-0.1, -0.05) is 0 Å². The van der Waals surface area contributed by atoms with E-state index in [1.165, 1.54) is 21.3 Å². The Hall–Kier alpha value is -5.01. The predicted molar refractivity (Wildman–Crippen MR) is 185 cm³/mol. The van der Waals surface area contributed by atoms with Gasteiger partial charge in [-0.05, 0) is 83.6 Å². The van der Waals surface area contributed by atoms with E-state index < -0.39 is 11.7 Å². The number of benzene rings is 2. The van der Waals surface area contributed by atoms with E-state index in [1.807, 2.05) is 27.8 Å². The molecule has 0 aromatic heterocycles. The molecule has 268 valence electrons. The highest BCUT2D eigenvalue weighted by molar-refractivity contribution is 5.95. The Morgan fingerprint density at radius 3 is 1.76 bits per heavy atom. The van der Waals surface area contributed by atoms with Gasteiger partial charge in [-0.15, -0.1) is 0 Å². The quantitative estimate of drug-likeness (QED) is 0.185. The summed E-state index contributed by atoms with van der Waals surface area (Å²) in [6.07, 6.45) is 2.27. The summed E-state index contributed by atoms with van der Waals surface area (Å²) in [6.45, 7) is 8.43. The summed E-state index contributed by atoms with van der Waals surface area (Å²) in [7, 11) is 8.07. The number of ether oxygens (including phenoxy) is 5. The van der Waals surface area contributed by atoms with Crippen molar-refractivity contribution in [2.45, 2.75) is 52.1 Å². The normalized spacial score (nSPS) is 10.4. The maximum Gasteiger partial charge on any atom is 0.410 e. The maximum absolute atomic E-state index is 13.2. The molecular formula is C36H51N5O8. The lowest BCUT2D eigenvalue weighted by molar-refractivity contribution is 0.0237. The van der Waals surface area contributed by atoms with E-state index >= 15 is 0 Å². The van der Waals surface area contributed by atoms with Crippen LogP contribution < -0.4 is 18.9 Å². The first-order valence-electron chi connectivity index (χ1n) is 16.0. The second-order valence-electron chi connectivity index (χ2n) is 11.9. The van der Waals surface area contributed by atoms with Crippen molar-refractivity contribution in [2.24, 2.45) is 0 Å². The average molecular weight is 682 g/mol. The second kappa shape index (κ2) is 22.5. The van der Waals surface area contributed by atoms with Crippen molar-refractivity contribution in [3.8, 4) is 35.1 Å². The number of methoxy groups -OCH3 is 4. The lowest BCUT2D eigenvalue weighted by atomic mass is 10.1. The largest absolute Gasteiger partial charge is 0.493 e. The predicted octanol–water partition coefficient (Wildman–Crippen LogP) is 5.44. The molecule has 13 heteroatoms. The van der Waals surface area contributed by atoms with Crippen LogP contribution in [0.25, 0.3) is 0 Å². The van der Waals surface area contributed by atoms with Crippen LogP contribution in [0.2, 0.25) is 0 Å². The van der Waals surface area contributed by atoms with Gasteiger partial charge in [0.1, 0.15) is 11.9 Å². The molecule has 13 nitrogen and oxygen atoms in total. The van der Waals surface area contributed by atoms with Crippen molar-refractivity contribution in [3.63, 3.8) is 0 Å². The van der Waals surface area contributed by atoms with Crippen LogP contribution in [-0.4, -0.2) is 113 Å². The SMILES string of the molecule is COc1ccc(C(=O)N(CCC#N)CCCN(CCCN(C)CCC#N)C(=O)OC(C)(C)C)cc1OC.COc1ccc(C=O)cc1OC. The van der Waals surface area contributed by atoms with E-state index in [9.17, 15) is 14.4 Å². The van der Waals surface area contributed by atoms with Crippen LogP contribution in [0.5, 0.6) is 23.0 Å². The van der Waals surface area contributed by atoms with Gasteiger partial charge in [-0.2, -0.15) is 10.5 Å². The zero-order valence-corrected chi connectivity index (χ0v) is 30.1. The molecule has 0 fully saturated rings. The Kier molecular flexibility index (Phi) is 19.3. The maximum atomic E-state index is 13.2. The molecule has 0 saturated carbocycles. The Bertz CT molecular complexity index is 1410. The molecule has 0 bridgehead atoms. The Balaban J connectivity index is 0.000000835. The Labute approximate surface area is 290 Å². The van der Waals surface area contributed by atoms with Crippen molar-refractivity contribution in [1.82, 2.24) is 14.7 Å². The molecule has 0 saturated heterocycles. The first-order chi connectivity index (χ1) is 23.4. The third-order valence-electron chi connectivity index (χ3n) is 7.04. The molecule has 0 atom stereocenters. The molecule has 0 heterocycles. The van der Waals surface area contributed by atoms with Gasteiger partial charge in [0.15, 0.2) is 23.0 Å². The van der Waals surface area contributed by atoms with E-state index in [-0.39, 0.29) is 18.9 Å². The van der Waals surface area contributed by atoms with Crippen molar-refractivity contribution in [1.29, 1.82) is 10.5 Å². The fourth-order valence-electron chi connectivity index (χ4n) is 4.54. The van der Waals surface area contributed by atoms with Crippen molar-refractivity contribution in [2.75, 3.05) is 74.8 Å². The standard InChI is InChI=1S/C27H41N5O5.C9H10O3/c1-27(2,3)37-26(34)32(19-9-16-30(4)15-7-13-28)20-10-18-31(17-8-14-29)25(33)22-11-12-23(35-5)24(21-22)36-6;1-11-8-4-3-7(6-10)5-9(8)12-2/h11-12,21H,7-10,15-20H2,1-6H3;3-6H,1-2H3. The number of hydrogen-bond donors (Lipinski definition) is 0. The van der Waals surface area contributed by atoms with E-state index in [0.29, 0.717) is 73.1 Å². The van der Waals surface area contributed by atoms with Crippen LogP contribution in [0.3, 0.4) is 0 Å². The molecule has 0 N–H and O–H groups in total. The first kappa shape index (κ1) is 42.0. The van der Waals surface area contributed by atoms with Crippen molar-refractivity contribution in [3.05, 3.63) is 47.5 Å². The molecule has 0 radical (unpaired) electrons. The molecule has 2 rings (SSSR count). The number of amides is 2. The highest BCUT2D eigenvalue weighted by Gasteiger charge is 2.23. The minimum atomic E-state index is -0.624. The monoisotopic (exact) mass is 681 g/mol. The van der Waals surface area contributed by atoms with Crippen LogP contribution in [0.4, 0.5) is 4.79 Å². The summed E-state index contributed by atoms with van der Waals surface area (Å²) >= 11 is 0. The minimum Gasteiger partial charge on any atom is -0.493 e. The third-order valence-corrected chi connectivity index (χ3v) is 7.04. The number of nitriles is 2. The summed E-state index contributed by atoms with van der Waals surface area (Å²) in [5.74, 6) is 1.95. The number of carbonyl (C=O) groups excluding carboxylic acids is 3. The lowest BCUT2D eigenvalue weighted by Crippen LogP contribution is -2.40. The Morgan fingerprint density at radius 1 is 0.714 bits per heavy atom. The minimum absolute atomic E-state index is 0.198. The second-order valence-corrected chi connectivity index (χ2v) is 11.9. The fourth-order valence-corrected chi connectivity index (χ4v) is 4.54. The van der Waals surface area contributed by atoms with Crippen molar-refractivity contribution >= 4 is 18.3 Å². The van der Waals surface area contributed by atoms with Gasteiger partial charge in [-0.25, -0.2) is 4.79 Å².